The van der Waals surface area contributed by atoms with E-state index in [1.54, 1.807) is 11.8 Å². The molecule has 6 aromatic rings. The average Bonchev–Trinajstić information content (AvgIpc) is 4.08. The van der Waals surface area contributed by atoms with Gasteiger partial charge in [0.2, 0.25) is 23.6 Å². The van der Waals surface area contributed by atoms with Crippen LogP contribution >= 0.6 is 11.8 Å². The highest BCUT2D eigenvalue weighted by Crippen LogP contribution is 2.38. The van der Waals surface area contributed by atoms with Gasteiger partial charge in [0.1, 0.15) is 23.7 Å². The van der Waals surface area contributed by atoms with Crippen LogP contribution in [0.2, 0.25) is 0 Å². The van der Waals surface area contributed by atoms with E-state index in [-0.39, 0.29) is 47.5 Å². The number of aromatic nitrogens is 4. The zero-order valence-electron chi connectivity index (χ0n) is 34.9. The molecule has 12 nitrogen and oxygen atoms in total. The fourth-order valence-corrected chi connectivity index (χ4v) is 9.70. The Bertz CT molecular complexity index is 2410. The molecule has 4 aliphatic rings. The lowest BCUT2D eigenvalue weighted by atomic mass is 10.0. The maximum atomic E-state index is 14.1. The molecule has 2 saturated heterocycles. The van der Waals surface area contributed by atoms with Gasteiger partial charge in [-0.05, 0) is 97.9 Å². The summed E-state index contributed by atoms with van der Waals surface area (Å²) in [5.41, 5.74) is 5.34. The van der Waals surface area contributed by atoms with Gasteiger partial charge in [-0.15, -0.1) is 0 Å². The first-order valence-electron chi connectivity index (χ1n) is 22.2. The normalized spacial score (nSPS) is 19.4. The second-order valence-electron chi connectivity index (χ2n) is 17.1. The summed E-state index contributed by atoms with van der Waals surface area (Å²) in [6, 6.07) is 33.9. The molecule has 13 heteroatoms. The van der Waals surface area contributed by atoms with E-state index in [0.29, 0.717) is 13.1 Å². The summed E-state index contributed by atoms with van der Waals surface area (Å²) in [5, 5.41) is 6.10. The Morgan fingerprint density at radius 2 is 0.937 bits per heavy atom. The molecule has 4 heterocycles. The highest BCUT2D eigenvalue weighted by Gasteiger charge is 2.41. The Morgan fingerprint density at radius 3 is 1.32 bits per heavy atom. The van der Waals surface area contributed by atoms with Crippen molar-refractivity contribution in [3.63, 3.8) is 0 Å². The molecule has 4 aromatic carbocycles. The van der Waals surface area contributed by atoms with Gasteiger partial charge in [0.25, 0.3) is 0 Å². The van der Waals surface area contributed by atoms with Gasteiger partial charge < -0.3 is 30.4 Å². The molecule has 4 N–H and O–H groups in total. The first-order valence-corrected chi connectivity index (χ1v) is 23.0. The lowest BCUT2D eigenvalue weighted by Crippen LogP contribution is -2.43. The Morgan fingerprint density at radius 1 is 0.540 bits per heavy atom. The molecule has 2 aliphatic carbocycles. The number of rotatable bonds is 14. The van der Waals surface area contributed by atoms with E-state index in [2.05, 4.69) is 69.1 Å². The van der Waals surface area contributed by atoms with Crippen LogP contribution in [-0.4, -0.2) is 66.5 Å². The molecule has 63 heavy (non-hydrogen) atoms. The summed E-state index contributed by atoms with van der Waals surface area (Å²) in [6.07, 6.45) is 10.5. The standard InChI is InChI=1S/C50H50N8O4S/c59-47(35-15-16-35)55-43(33-9-3-1-4-10-33)49(61)57-27-7-13-41(57)45-51-29-39(53-45)31-19-23-37(24-20-31)63-38-25-21-32(22-26-38)40-30-52-46(54-40)42-14-8-28-58(42)50(62)44(34-11-5-2-6-12-34)56-48(60)36-17-18-36/h1-6,9-12,19-26,29-30,35-36,41-44H,7-8,13-18,27-28H2,(H,51,53)(H,52,54)(H,55,59)(H,56,60). The number of amides is 4. The van der Waals surface area contributed by atoms with Gasteiger partial charge in [-0.25, -0.2) is 9.97 Å². The molecule has 0 spiro atoms. The van der Waals surface area contributed by atoms with E-state index in [0.717, 1.165) is 106 Å². The molecule has 4 fully saturated rings. The molecular weight excluding hydrogens is 809 g/mol. The van der Waals surface area contributed by atoms with Crippen LogP contribution in [0.3, 0.4) is 0 Å². The Balaban J connectivity index is 0.771. The number of carbonyl (C=O) groups is 4. The van der Waals surface area contributed by atoms with E-state index in [1.807, 2.05) is 82.9 Å². The third kappa shape index (κ3) is 8.92. The zero-order chi connectivity index (χ0) is 42.9. The van der Waals surface area contributed by atoms with Gasteiger partial charge >= 0.3 is 0 Å². The largest absolute Gasteiger partial charge is 0.340 e. The number of benzene rings is 4. The number of carbonyl (C=O) groups excluding carboxylic acids is 4. The maximum absolute atomic E-state index is 14.1. The first kappa shape index (κ1) is 40.6. The Hall–Kier alpha value is -6.47. The van der Waals surface area contributed by atoms with Gasteiger partial charge in [0.05, 0.1) is 35.9 Å². The van der Waals surface area contributed by atoms with E-state index in [4.69, 9.17) is 9.97 Å². The molecule has 0 radical (unpaired) electrons. The Labute approximate surface area is 370 Å². The lowest BCUT2D eigenvalue weighted by molar-refractivity contribution is -0.138. The molecule has 4 unspecified atom stereocenters. The summed E-state index contributed by atoms with van der Waals surface area (Å²) >= 11 is 1.67. The first-order chi connectivity index (χ1) is 30.9. The van der Waals surface area contributed by atoms with Gasteiger partial charge in [0.15, 0.2) is 0 Å². The summed E-state index contributed by atoms with van der Waals surface area (Å²) < 4.78 is 0. The van der Waals surface area contributed by atoms with Crippen molar-refractivity contribution in [1.29, 1.82) is 0 Å². The van der Waals surface area contributed by atoms with Crippen molar-refractivity contribution in [3.8, 4) is 22.5 Å². The van der Waals surface area contributed by atoms with E-state index < -0.39 is 12.1 Å². The van der Waals surface area contributed by atoms with Crippen LogP contribution in [0.15, 0.2) is 131 Å². The topological polar surface area (TPSA) is 156 Å². The van der Waals surface area contributed by atoms with Crippen LogP contribution < -0.4 is 10.6 Å². The number of imidazole rings is 2. The molecule has 2 aliphatic heterocycles. The number of hydrogen-bond acceptors (Lipinski definition) is 7. The number of H-pyrrole nitrogens is 2. The number of hydrogen-bond donors (Lipinski definition) is 4. The average molecular weight is 859 g/mol. The van der Waals surface area contributed by atoms with E-state index in [9.17, 15) is 19.2 Å². The van der Waals surface area contributed by atoms with E-state index >= 15 is 0 Å². The van der Waals surface area contributed by atoms with Gasteiger partial charge in [-0.1, -0.05) is 96.7 Å². The van der Waals surface area contributed by atoms with Crippen molar-refractivity contribution >= 4 is 35.4 Å². The predicted molar refractivity (Wildman–Crippen MR) is 240 cm³/mol. The zero-order valence-corrected chi connectivity index (χ0v) is 35.7. The van der Waals surface area contributed by atoms with Gasteiger partial charge in [0, 0.05) is 34.7 Å². The third-order valence-corrected chi connectivity index (χ3v) is 13.7. The molecule has 10 rings (SSSR count). The Kier molecular flexibility index (Phi) is 11.4. The number of likely N-dealkylation sites (tertiary alicyclic amines) is 2. The number of nitrogens with zero attached hydrogens (tertiary/aromatic N) is 4. The summed E-state index contributed by atoms with van der Waals surface area (Å²) in [7, 11) is 0. The summed E-state index contributed by atoms with van der Waals surface area (Å²) in [5.74, 6) is 1.19. The van der Waals surface area contributed by atoms with Crippen LogP contribution in [0.5, 0.6) is 0 Å². The minimum absolute atomic E-state index is 0.00294. The van der Waals surface area contributed by atoms with Gasteiger partial charge in [-0.2, -0.15) is 0 Å². The highest BCUT2D eigenvalue weighted by molar-refractivity contribution is 7.99. The van der Waals surface area contributed by atoms with Crippen LogP contribution in [0.1, 0.15) is 98.3 Å². The molecule has 4 amide bonds. The third-order valence-electron chi connectivity index (χ3n) is 12.7. The van der Waals surface area contributed by atoms with Gasteiger partial charge in [-0.3, -0.25) is 19.2 Å². The summed E-state index contributed by atoms with van der Waals surface area (Å²) in [6.45, 7) is 1.22. The number of nitrogens with one attached hydrogen (secondary N) is 4. The SMILES string of the molecule is O=C(NC(C(=O)N1CCCC1c1ncc(-c2ccc(Sc3ccc(-c4cnc(C5CCCN5C(=O)C(NC(=O)C5CC5)c5ccccc5)[nH]4)cc3)cc2)[nH]1)c1ccccc1)C1CC1. The molecule has 320 valence electrons. The fourth-order valence-electron chi connectivity index (χ4n) is 8.89. The summed E-state index contributed by atoms with van der Waals surface area (Å²) in [4.78, 5) is 76.3. The monoisotopic (exact) mass is 858 g/mol. The minimum atomic E-state index is -0.728. The van der Waals surface area contributed by atoms with Crippen LogP contribution in [0.4, 0.5) is 0 Å². The maximum Gasteiger partial charge on any atom is 0.250 e. The molecule has 2 aromatic heterocycles. The van der Waals surface area contributed by atoms with Crippen molar-refractivity contribution in [2.75, 3.05) is 13.1 Å². The predicted octanol–water partition coefficient (Wildman–Crippen LogP) is 8.48. The van der Waals surface area contributed by atoms with Crippen molar-refractivity contribution in [2.45, 2.75) is 85.3 Å². The van der Waals surface area contributed by atoms with Crippen LogP contribution in [0, 0.1) is 11.8 Å². The van der Waals surface area contributed by atoms with Crippen LogP contribution in [-0.2, 0) is 19.2 Å². The molecular formula is C50H50N8O4S. The van der Waals surface area contributed by atoms with Crippen molar-refractivity contribution in [2.24, 2.45) is 11.8 Å². The van der Waals surface area contributed by atoms with Crippen molar-refractivity contribution in [1.82, 2.24) is 40.4 Å². The molecule has 0 bridgehead atoms. The number of aromatic amines is 2. The second-order valence-corrected chi connectivity index (χ2v) is 18.3. The molecule has 2 saturated carbocycles. The van der Waals surface area contributed by atoms with E-state index in [1.165, 1.54) is 0 Å². The fraction of sp³-hybridized carbons (Fsp3) is 0.320. The van der Waals surface area contributed by atoms with Crippen LogP contribution in [0.25, 0.3) is 22.5 Å². The highest BCUT2D eigenvalue weighted by atomic mass is 32.2. The smallest absolute Gasteiger partial charge is 0.250 e. The van der Waals surface area contributed by atoms with Crippen molar-refractivity contribution < 1.29 is 19.2 Å². The minimum Gasteiger partial charge on any atom is -0.340 e. The molecule has 4 atom stereocenters. The second kappa shape index (κ2) is 17.7. The quantitative estimate of drug-likeness (QED) is 0.0857. The van der Waals surface area contributed by atoms with Crippen molar-refractivity contribution in [3.05, 3.63) is 144 Å². The lowest BCUT2D eigenvalue weighted by Gasteiger charge is -2.28.